The molecule has 2 heteroatoms. The lowest BCUT2D eigenvalue weighted by atomic mass is 9.92. The van der Waals surface area contributed by atoms with Gasteiger partial charge in [-0.05, 0) is 72.9 Å². The standard InChI is InChI=1S/C31H19NO/c1-3-9-22-17-28-24(15-20(22)7-1)11-5-13-26(28)30-19-32-33-31(30)27-14-6-12-25-16-21-8-2-4-10-23(21)18-29(25)27/h1-19H. The third kappa shape index (κ3) is 2.85. The zero-order chi connectivity index (χ0) is 21.8. The van der Waals surface area contributed by atoms with Crippen molar-refractivity contribution in [1.29, 1.82) is 0 Å². The molecule has 0 radical (unpaired) electrons. The van der Waals surface area contributed by atoms with Crippen LogP contribution in [0.2, 0.25) is 0 Å². The Hall–Kier alpha value is -4.43. The average molecular weight is 421 g/mol. The Morgan fingerprint density at radius 3 is 1.52 bits per heavy atom. The Balaban J connectivity index is 1.50. The number of fused-ring (bicyclic) bond motifs is 4. The lowest BCUT2D eigenvalue weighted by molar-refractivity contribution is 0.433. The van der Waals surface area contributed by atoms with Crippen LogP contribution in [-0.4, -0.2) is 5.16 Å². The third-order valence-corrected chi connectivity index (χ3v) is 6.60. The van der Waals surface area contributed by atoms with Crippen LogP contribution in [0, 0.1) is 0 Å². The smallest absolute Gasteiger partial charge is 0.175 e. The van der Waals surface area contributed by atoms with Gasteiger partial charge >= 0.3 is 0 Å². The van der Waals surface area contributed by atoms with Gasteiger partial charge in [0.1, 0.15) is 0 Å². The van der Waals surface area contributed by atoms with Gasteiger partial charge in [0.05, 0.1) is 11.8 Å². The summed E-state index contributed by atoms with van der Waals surface area (Å²) in [5, 5.41) is 13.9. The molecule has 0 spiro atoms. The summed E-state index contributed by atoms with van der Waals surface area (Å²) in [5.41, 5.74) is 3.20. The topological polar surface area (TPSA) is 26.0 Å². The second-order valence-electron chi connectivity index (χ2n) is 8.52. The van der Waals surface area contributed by atoms with Crippen LogP contribution in [-0.2, 0) is 0 Å². The van der Waals surface area contributed by atoms with E-state index in [0.29, 0.717) is 0 Å². The summed E-state index contributed by atoms with van der Waals surface area (Å²) in [6, 6.07) is 38.8. The highest BCUT2D eigenvalue weighted by molar-refractivity contribution is 6.09. The Morgan fingerprint density at radius 1 is 0.424 bits per heavy atom. The minimum atomic E-state index is 0.802. The molecule has 7 aromatic rings. The zero-order valence-corrected chi connectivity index (χ0v) is 17.8. The van der Waals surface area contributed by atoms with Crippen molar-refractivity contribution in [2.45, 2.75) is 0 Å². The lowest BCUT2D eigenvalue weighted by Crippen LogP contribution is -1.86. The van der Waals surface area contributed by atoms with Crippen molar-refractivity contribution in [3.05, 3.63) is 115 Å². The molecule has 0 fully saturated rings. The van der Waals surface area contributed by atoms with Crippen molar-refractivity contribution < 1.29 is 4.52 Å². The first kappa shape index (κ1) is 18.2. The number of aromatic nitrogens is 1. The number of benzene rings is 6. The molecule has 2 nitrogen and oxygen atoms in total. The summed E-state index contributed by atoms with van der Waals surface area (Å²) < 4.78 is 5.91. The summed E-state index contributed by atoms with van der Waals surface area (Å²) in [5.74, 6) is 0.802. The molecule has 0 N–H and O–H groups in total. The van der Waals surface area contributed by atoms with E-state index in [1.165, 1.54) is 43.1 Å². The maximum atomic E-state index is 5.91. The molecule has 0 saturated carbocycles. The monoisotopic (exact) mass is 421 g/mol. The lowest BCUT2D eigenvalue weighted by Gasteiger charge is -2.10. The summed E-state index contributed by atoms with van der Waals surface area (Å²) in [6.45, 7) is 0. The summed E-state index contributed by atoms with van der Waals surface area (Å²) in [4.78, 5) is 0. The first-order chi connectivity index (χ1) is 16.3. The summed E-state index contributed by atoms with van der Waals surface area (Å²) in [6.07, 6.45) is 1.85. The van der Waals surface area contributed by atoms with Gasteiger partial charge in [0, 0.05) is 5.56 Å². The molecule has 7 rings (SSSR count). The highest BCUT2D eigenvalue weighted by Crippen LogP contribution is 2.40. The molecule has 0 aliphatic rings. The molecule has 0 unspecified atom stereocenters. The van der Waals surface area contributed by atoms with E-state index < -0.39 is 0 Å². The predicted molar refractivity (Wildman–Crippen MR) is 137 cm³/mol. The fourth-order valence-electron chi connectivity index (χ4n) is 4.99. The molecule has 0 saturated heterocycles. The molecule has 0 amide bonds. The fourth-order valence-corrected chi connectivity index (χ4v) is 4.99. The first-order valence-corrected chi connectivity index (χ1v) is 11.1. The van der Waals surface area contributed by atoms with E-state index in [9.17, 15) is 0 Å². The number of hydrogen-bond donors (Lipinski definition) is 0. The largest absolute Gasteiger partial charge is 0.356 e. The van der Waals surface area contributed by atoms with E-state index in [0.717, 1.165) is 22.5 Å². The second-order valence-corrected chi connectivity index (χ2v) is 8.52. The van der Waals surface area contributed by atoms with E-state index in [2.05, 4.69) is 114 Å². The first-order valence-electron chi connectivity index (χ1n) is 11.1. The molecule has 0 aliphatic carbocycles. The van der Waals surface area contributed by atoms with Gasteiger partial charge in [-0.3, -0.25) is 0 Å². The van der Waals surface area contributed by atoms with Crippen LogP contribution in [0.1, 0.15) is 0 Å². The van der Waals surface area contributed by atoms with Crippen LogP contribution in [0.4, 0.5) is 0 Å². The Kier molecular flexibility index (Phi) is 3.88. The van der Waals surface area contributed by atoms with Crippen molar-refractivity contribution in [2.24, 2.45) is 0 Å². The minimum Gasteiger partial charge on any atom is -0.356 e. The van der Waals surface area contributed by atoms with Gasteiger partial charge in [0.25, 0.3) is 0 Å². The minimum absolute atomic E-state index is 0.802. The maximum Gasteiger partial charge on any atom is 0.175 e. The molecule has 0 bridgehead atoms. The zero-order valence-electron chi connectivity index (χ0n) is 17.8. The third-order valence-electron chi connectivity index (χ3n) is 6.60. The van der Waals surface area contributed by atoms with Crippen LogP contribution >= 0.6 is 0 Å². The van der Waals surface area contributed by atoms with Gasteiger partial charge in [0.15, 0.2) is 5.76 Å². The van der Waals surface area contributed by atoms with Crippen molar-refractivity contribution >= 4 is 43.1 Å². The van der Waals surface area contributed by atoms with E-state index >= 15 is 0 Å². The molecule has 33 heavy (non-hydrogen) atoms. The average Bonchev–Trinajstić information content (AvgIpc) is 3.35. The van der Waals surface area contributed by atoms with Gasteiger partial charge in [-0.1, -0.05) is 90.1 Å². The molecule has 1 aromatic heterocycles. The van der Waals surface area contributed by atoms with Crippen LogP contribution in [0.15, 0.2) is 120 Å². The van der Waals surface area contributed by atoms with Crippen LogP contribution in [0.3, 0.4) is 0 Å². The van der Waals surface area contributed by atoms with Crippen molar-refractivity contribution in [3.63, 3.8) is 0 Å². The van der Waals surface area contributed by atoms with Gasteiger partial charge in [0.2, 0.25) is 0 Å². The highest BCUT2D eigenvalue weighted by Gasteiger charge is 2.17. The van der Waals surface area contributed by atoms with Gasteiger partial charge < -0.3 is 4.52 Å². The molecule has 0 aliphatic heterocycles. The Morgan fingerprint density at radius 2 is 0.909 bits per heavy atom. The highest BCUT2D eigenvalue weighted by atomic mass is 16.5. The Labute approximate surface area is 190 Å². The quantitative estimate of drug-likeness (QED) is 0.261. The van der Waals surface area contributed by atoms with Crippen LogP contribution in [0.5, 0.6) is 0 Å². The molecule has 6 aromatic carbocycles. The van der Waals surface area contributed by atoms with Crippen molar-refractivity contribution in [1.82, 2.24) is 5.16 Å². The van der Waals surface area contributed by atoms with Crippen LogP contribution in [0.25, 0.3) is 65.5 Å². The molecule has 0 atom stereocenters. The second kappa shape index (κ2) is 7.04. The van der Waals surface area contributed by atoms with E-state index in [-0.39, 0.29) is 0 Å². The van der Waals surface area contributed by atoms with Gasteiger partial charge in [-0.25, -0.2) is 0 Å². The summed E-state index contributed by atoms with van der Waals surface area (Å²) >= 11 is 0. The fraction of sp³-hybridized carbons (Fsp3) is 0. The number of nitrogens with zero attached hydrogens (tertiary/aromatic N) is 1. The maximum absolute atomic E-state index is 5.91. The van der Waals surface area contributed by atoms with E-state index in [1.54, 1.807) is 0 Å². The summed E-state index contributed by atoms with van der Waals surface area (Å²) in [7, 11) is 0. The normalized spacial score (nSPS) is 11.6. The van der Waals surface area contributed by atoms with E-state index in [4.69, 9.17) is 4.52 Å². The Bertz CT molecular complexity index is 1690. The van der Waals surface area contributed by atoms with Crippen LogP contribution < -0.4 is 0 Å². The van der Waals surface area contributed by atoms with Gasteiger partial charge in [-0.15, -0.1) is 0 Å². The van der Waals surface area contributed by atoms with Crippen molar-refractivity contribution in [3.8, 4) is 22.5 Å². The van der Waals surface area contributed by atoms with Crippen molar-refractivity contribution in [2.75, 3.05) is 0 Å². The molecular weight excluding hydrogens is 402 g/mol. The van der Waals surface area contributed by atoms with Gasteiger partial charge in [-0.2, -0.15) is 0 Å². The number of hydrogen-bond acceptors (Lipinski definition) is 2. The SMILES string of the molecule is c1ccc2cc3c(-c4cnoc4-c4cccc5cc6ccccc6cc45)cccc3cc2c1. The molecule has 1 heterocycles. The molecular formula is C31H19NO. The predicted octanol–water partition coefficient (Wildman–Crippen LogP) is 8.62. The number of rotatable bonds is 2. The van der Waals surface area contributed by atoms with E-state index in [1.807, 2.05) is 6.20 Å². The molecule has 154 valence electrons.